The number of fused-ring (bicyclic) bond motifs is 4. The molecule has 3 aliphatic carbocycles. The van der Waals surface area contributed by atoms with Gasteiger partial charge in [-0.1, -0.05) is 23.7 Å². The summed E-state index contributed by atoms with van der Waals surface area (Å²) in [5, 5.41) is -0.0329. The highest BCUT2D eigenvalue weighted by Crippen LogP contribution is 2.47. The maximum Gasteiger partial charge on any atom is 0.303 e. The second kappa shape index (κ2) is 12.2. The van der Waals surface area contributed by atoms with Crippen molar-refractivity contribution in [3.05, 3.63) is 70.3 Å². The number of anilines is 1. The van der Waals surface area contributed by atoms with Gasteiger partial charge < -0.3 is 14.4 Å². The third-order valence-corrected chi connectivity index (χ3v) is 13.3. The second-order valence-electron chi connectivity index (χ2n) is 14.2. The predicted molar refractivity (Wildman–Crippen MR) is 178 cm³/mol. The average Bonchev–Trinajstić information content (AvgIpc) is 3.84. The average molecular weight is 667 g/mol. The van der Waals surface area contributed by atoms with Crippen molar-refractivity contribution in [1.82, 2.24) is 4.72 Å². The van der Waals surface area contributed by atoms with Crippen LogP contribution in [0.1, 0.15) is 80.3 Å². The van der Waals surface area contributed by atoms with Gasteiger partial charge in [-0.25, -0.2) is 13.1 Å². The summed E-state index contributed by atoms with van der Waals surface area (Å²) in [4.78, 5) is 28.2. The number of hydrogen-bond donors (Lipinski definition) is 1. The van der Waals surface area contributed by atoms with Gasteiger partial charge in [-0.15, -0.1) is 0 Å². The number of carbonyl (C=O) groups is 2. The van der Waals surface area contributed by atoms with Gasteiger partial charge in [0.1, 0.15) is 11.9 Å². The van der Waals surface area contributed by atoms with Crippen LogP contribution in [-0.2, 0) is 31.4 Å². The van der Waals surface area contributed by atoms with Crippen LogP contribution >= 0.6 is 11.6 Å². The van der Waals surface area contributed by atoms with Crippen LogP contribution < -0.4 is 14.4 Å². The number of ether oxygens (including phenoxy) is 2. The number of sulfonamides is 1. The molecule has 5 aliphatic rings. The fourth-order valence-corrected chi connectivity index (χ4v) is 9.98. The van der Waals surface area contributed by atoms with Crippen molar-refractivity contribution in [1.29, 1.82) is 0 Å². The number of allylic oxidation sites excluding steroid dienone is 1. The van der Waals surface area contributed by atoms with E-state index in [-0.39, 0.29) is 40.8 Å². The third kappa shape index (κ3) is 6.05. The van der Waals surface area contributed by atoms with Crippen molar-refractivity contribution >= 4 is 39.2 Å². The van der Waals surface area contributed by atoms with E-state index in [2.05, 4.69) is 21.8 Å². The SMILES string of the molecule is CC(=O)O[C@H]1/C=C/C[C@@H](C2CC2)[C@H](C)S(=O)(=O)NC(=O)c2ccc3c(c2)N(C[C@@H]2CC[C@H]21)C[C@@]1(CCCc2cc(Cl)ccc21)CO3. The number of benzene rings is 2. The first-order valence-corrected chi connectivity index (χ1v) is 18.7. The van der Waals surface area contributed by atoms with Gasteiger partial charge in [0.05, 0.1) is 17.5 Å². The van der Waals surface area contributed by atoms with Crippen molar-refractivity contribution in [3.63, 3.8) is 0 Å². The molecule has 2 aromatic carbocycles. The Bertz CT molecular complexity index is 1670. The Hall–Kier alpha value is -3.04. The molecule has 246 valence electrons. The molecule has 0 radical (unpaired) electrons. The standard InChI is InChI=1S/C36H43ClN2O6S/c1-22-29(24-8-9-24)6-3-7-33(45-23(2)40)30-13-10-27(30)19-39-20-36(16-4-5-25-17-28(37)12-14-31(25)36)21-44-34-15-11-26(18-32(34)39)35(41)38-46(22,42)43/h3,7,11-12,14-15,17-18,22,24,27,29-30,33H,4-6,8-10,13,16,19-21H2,1-2H3,(H,38,41)/b7-3+/t22-,27-,29+,30+,33-,36-/m0/s1. The van der Waals surface area contributed by atoms with Crippen molar-refractivity contribution in [2.24, 2.45) is 23.7 Å². The van der Waals surface area contributed by atoms with Crippen LogP contribution in [0.2, 0.25) is 5.02 Å². The molecule has 7 rings (SSSR count). The first kappa shape index (κ1) is 31.6. The molecule has 2 aliphatic heterocycles. The van der Waals surface area contributed by atoms with Crippen LogP contribution in [0.15, 0.2) is 48.6 Å². The molecule has 1 spiro atoms. The number of hydrogen-bond acceptors (Lipinski definition) is 7. The highest BCUT2D eigenvalue weighted by atomic mass is 35.5. The topological polar surface area (TPSA) is 102 Å². The Morgan fingerprint density at radius 2 is 1.89 bits per heavy atom. The molecule has 2 bridgehead atoms. The van der Waals surface area contributed by atoms with E-state index in [0.717, 1.165) is 55.7 Å². The number of carbonyl (C=O) groups excluding carboxylic acids is 2. The molecule has 1 amide bonds. The first-order valence-electron chi connectivity index (χ1n) is 16.7. The van der Waals surface area contributed by atoms with Crippen LogP contribution in [0.25, 0.3) is 0 Å². The molecule has 1 N–H and O–H groups in total. The van der Waals surface area contributed by atoms with E-state index < -0.39 is 21.2 Å². The quantitative estimate of drug-likeness (QED) is 0.301. The van der Waals surface area contributed by atoms with E-state index >= 15 is 0 Å². The normalized spacial score (nSPS) is 32.9. The summed E-state index contributed by atoms with van der Waals surface area (Å²) >= 11 is 6.42. The van der Waals surface area contributed by atoms with Gasteiger partial charge in [0.15, 0.2) is 0 Å². The van der Waals surface area contributed by atoms with Gasteiger partial charge in [0, 0.05) is 41.9 Å². The molecule has 0 aromatic heterocycles. The maximum atomic E-state index is 13.6. The van der Waals surface area contributed by atoms with E-state index in [0.29, 0.717) is 37.8 Å². The summed E-state index contributed by atoms with van der Waals surface area (Å²) in [5.74, 6) is 0.287. The molecular weight excluding hydrogens is 624 g/mol. The van der Waals surface area contributed by atoms with Gasteiger partial charge >= 0.3 is 5.97 Å². The summed E-state index contributed by atoms with van der Waals surface area (Å²) in [7, 11) is -3.96. The van der Waals surface area contributed by atoms with Gasteiger partial charge in [-0.2, -0.15) is 0 Å². The summed E-state index contributed by atoms with van der Waals surface area (Å²) in [6, 6.07) is 11.4. The zero-order valence-electron chi connectivity index (χ0n) is 26.5. The summed E-state index contributed by atoms with van der Waals surface area (Å²) < 4.78 is 42.1. The maximum absolute atomic E-state index is 13.6. The zero-order chi connectivity index (χ0) is 32.2. The molecule has 8 nitrogen and oxygen atoms in total. The highest BCUT2D eigenvalue weighted by molar-refractivity contribution is 7.90. The van der Waals surface area contributed by atoms with E-state index in [1.807, 2.05) is 18.2 Å². The Morgan fingerprint density at radius 3 is 2.63 bits per heavy atom. The van der Waals surface area contributed by atoms with E-state index in [9.17, 15) is 18.0 Å². The van der Waals surface area contributed by atoms with E-state index in [1.165, 1.54) is 18.1 Å². The van der Waals surface area contributed by atoms with Crippen molar-refractivity contribution in [3.8, 4) is 5.75 Å². The number of nitrogens with zero attached hydrogens (tertiary/aromatic N) is 1. The lowest BCUT2D eigenvalue weighted by atomic mass is 9.68. The smallest absolute Gasteiger partial charge is 0.303 e. The molecule has 2 aromatic rings. The molecule has 2 saturated carbocycles. The second-order valence-corrected chi connectivity index (χ2v) is 16.7. The Labute approximate surface area is 276 Å². The largest absolute Gasteiger partial charge is 0.490 e. The van der Waals surface area contributed by atoms with Gasteiger partial charge in [0.2, 0.25) is 10.0 Å². The molecular formula is C36H43ClN2O6S. The fraction of sp³-hybridized carbons (Fsp3) is 0.556. The Morgan fingerprint density at radius 1 is 1.09 bits per heavy atom. The molecule has 46 heavy (non-hydrogen) atoms. The molecule has 0 saturated heterocycles. The minimum absolute atomic E-state index is 0.134. The van der Waals surface area contributed by atoms with E-state index in [4.69, 9.17) is 21.1 Å². The Balaban J connectivity index is 1.30. The van der Waals surface area contributed by atoms with Crippen molar-refractivity contribution in [2.75, 3.05) is 24.6 Å². The highest BCUT2D eigenvalue weighted by Gasteiger charge is 2.45. The van der Waals surface area contributed by atoms with Crippen molar-refractivity contribution < 1.29 is 27.5 Å². The van der Waals surface area contributed by atoms with Crippen molar-refractivity contribution in [2.45, 2.75) is 82.0 Å². The van der Waals surface area contributed by atoms with Gasteiger partial charge in [-0.3, -0.25) is 9.59 Å². The summed E-state index contributed by atoms with van der Waals surface area (Å²) in [6.07, 6.45) is 11.0. The third-order valence-electron chi connectivity index (χ3n) is 11.2. The molecule has 2 fully saturated rings. The van der Waals surface area contributed by atoms with Gasteiger partial charge in [-0.05, 0) is 124 Å². The van der Waals surface area contributed by atoms with Crippen LogP contribution in [0.3, 0.4) is 0 Å². The minimum Gasteiger partial charge on any atom is -0.490 e. The molecule has 2 heterocycles. The molecule has 0 unspecified atom stereocenters. The summed E-state index contributed by atoms with van der Waals surface area (Å²) in [5.41, 5.74) is 3.27. The molecule has 10 heteroatoms. The molecule has 6 atom stereocenters. The van der Waals surface area contributed by atoms with Crippen LogP contribution in [0.4, 0.5) is 5.69 Å². The number of esters is 1. The minimum atomic E-state index is -3.96. The van der Waals surface area contributed by atoms with Crippen LogP contribution in [0.5, 0.6) is 5.75 Å². The lowest BCUT2D eigenvalue weighted by molar-refractivity contribution is -0.149. The monoisotopic (exact) mass is 666 g/mol. The first-order chi connectivity index (χ1) is 22.0. The van der Waals surface area contributed by atoms with E-state index in [1.54, 1.807) is 25.1 Å². The number of aryl methyl sites for hydroxylation is 1. The number of nitrogens with one attached hydrogen (secondary N) is 1. The number of amides is 1. The Kier molecular flexibility index (Phi) is 8.37. The number of rotatable bonds is 2. The van der Waals surface area contributed by atoms with Crippen LogP contribution in [-0.4, -0.2) is 51.3 Å². The fourth-order valence-electron chi connectivity index (χ4n) is 8.43. The number of halogens is 1. The predicted octanol–water partition coefficient (Wildman–Crippen LogP) is 6.21. The lowest BCUT2D eigenvalue weighted by Crippen LogP contribution is -2.50. The lowest BCUT2D eigenvalue weighted by Gasteiger charge is -2.46. The summed E-state index contributed by atoms with van der Waals surface area (Å²) in [6.45, 7) is 5.00. The van der Waals surface area contributed by atoms with Crippen LogP contribution in [0, 0.1) is 23.7 Å². The van der Waals surface area contributed by atoms with Gasteiger partial charge in [0.25, 0.3) is 5.91 Å². The zero-order valence-corrected chi connectivity index (χ0v) is 28.1.